The van der Waals surface area contributed by atoms with E-state index in [9.17, 15) is 14.3 Å². The van der Waals surface area contributed by atoms with E-state index in [1.165, 1.54) is 17.2 Å². The number of carbonyl (C=O) groups excluding carboxylic acids is 1. The maximum atomic E-state index is 14.6. The lowest BCUT2D eigenvalue weighted by Gasteiger charge is -2.31. The van der Waals surface area contributed by atoms with E-state index in [2.05, 4.69) is 43.4 Å². The molecule has 0 unspecified atom stereocenters. The summed E-state index contributed by atoms with van der Waals surface area (Å²) in [7, 11) is 0. The summed E-state index contributed by atoms with van der Waals surface area (Å²) < 4.78 is 25.4. The lowest BCUT2D eigenvalue weighted by molar-refractivity contribution is -0.143. The second kappa shape index (κ2) is 13.8. The first-order chi connectivity index (χ1) is 17.7. The second-order valence-electron chi connectivity index (χ2n) is 10.6. The van der Waals surface area contributed by atoms with Crippen LogP contribution < -0.4 is 5.32 Å². The van der Waals surface area contributed by atoms with Gasteiger partial charge in [0.1, 0.15) is 5.82 Å². The number of ether oxygens (including phenoxy) is 2. The minimum atomic E-state index is -0.681. The summed E-state index contributed by atoms with van der Waals surface area (Å²) >= 11 is 0. The molecule has 1 aliphatic carbocycles. The summed E-state index contributed by atoms with van der Waals surface area (Å²) in [5, 5.41) is 14.1. The molecular formula is C31H42FNO4. The molecule has 0 fully saturated rings. The summed E-state index contributed by atoms with van der Waals surface area (Å²) in [4.78, 5) is 11.5. The van der Waals surface area contributed by atoms with Crippen molar-refractivity contribution in [2.24, 2.45) is 5.92 Å². The van der Waals surface area contributed by atoms with Gasteiger partial charge in [-0.25, -0.2) is 4.39 Å². The number of carbonyl (C=O) groups is 1. The number of hydrogen-bond acceptors (Lipinski definition) is 5. The monoisotopic (exact) mass is 511 g/mol. The van der Waals surface area contributed by atoms with E-state index in [0.29, 0.717) is 36.6 Å². The number of esters is 1. The minimum absolute atomic E-state index is 0.108. The molecule has 0 bridgehead atoms. The third kappa shape index (κ3) is 9.06. The fourth-order valence-electron chi connectivity index (χ4n) is 5.11. The summed E-state index contributed by atoms with van der Waals surface area (Å²) in [5.41, 5.74) is 3.94. The predicted octanol–water partition coefficient (Wildman–Crippen LogP) is 5.79. The van der Waals surface area contributed by atoms with Crippen molar-refractivity contribution in [2.45, 2.75) is 77.5 Å². The average molecular weight is 512 g/mol. The van der Waals surface area contributed by atoms with Crippen LogP contribution in [0.3, 0.4) is 0 Å². The lowest BCUT2D eigenvalue weighted by atomic mass is 9.88. The van der Waals surface area contributed by atoms with E-state index >= 15 is 0 Å². The number of halogens is 1. The van der Waals surface area contributed by atoms with Crippen molar-refractivity contribution in [2.75, 3.05) is 19.8 Å². The Morgan fingerprint density at radius 3 is 2.57 bits per heavy atom. The van der Waals surface area contributed by atoms with Crippen molar-refractivity contribution in [1.29, 1.82) is 0 Å². The van der Waals surface area contributed by atoms with Crippen molar-refractivity contribution >= 4 is 12.0 Å². The van der Waals surface area contributed by atoms with Gasteiger partial charge in [-0.3, -0.25) is 4.79 Å². The van der Waals surface area contributed by atoms with Gasteiger partial charge in [0.25, 0.3) is 0 Å². The molecular weight excluding hydrogens is 469 g/mol. The standard InChI is InChI=1S/C31H42FNO4/c1-5-36-30(35)16-9-8-13-28-27(14-10-15-29(28)32)22(2)37-21-26(34)20-33-31(3,4)19-23-17-24-11-6-7-12-25(24)18-23/h6-8,10-15,22-23,26,33-34H,5,9,16-21H2,1-4H3/b13-8+/t22-,26-/m1/s1. The lowest BCUT2D eigenvalue weighted by Crippen LogP contribution is -2.45. The highest BCUT2D eigenvalue weighted by Crippen LogP contribution is 2.32. The molecule has 2 atom stereocenters. The fourth-order valence-corrected chi connectivity index (χ4v) is 5.11. The molecule has 0 aliphatic heterocycles. The van der Waals surface area contributed by atoms with Crippen LogP contribution >= 0.6 is 0 Å². The van der Waals surface area contributed by atoms with Crippen LogP contribution in [0.5, 0.6) is 0 Å². The Morgan fingerprint density at radius 1 is 1.19 bits per heavy atom. The Morgan fingerprint density at radius 2 is 1.89 bits per heavy atom. The predicted molar refractivity (Wildman–Crippen MR) is 146 cm³/mol. The molecule has 37 heavy (non-hydrogen) atoms. The zero-order chi connectivity index (χ0) is 26.8. The van der Waals surface area contributed by atoms with Crippen molar-refractivity contribution < 1.29 is 23.8 Å². The molecule has 0 saturated carbocycles. The maximum absolute atomic E-state index is 14.6. The number of benzene rings is 2. The summed E-state index contributed by atoms with van der Waals surface area (Å²) in [6, 6.07) is 13.6. The Bertz CT molecular complexity index is 1030. The quantitative estimate of drug-likeness (QED) is 0.314. The molecule has 2 aromatic rings. The molecule has 0 spiro atoms. The summed E-state index contributed by atoms with van der Waals surface area (Å²) in [6.07, 6.45) is 6.34. The molecule has 3 rings (SSSR count). The molecule has 6 heteroatoms. The number of nitrogens with one attached hydrogen (secondary N) is 1. The number of hydrogen-bond donors (Lipinski definition) is 2. The summed E-state index contributed by atoms with van der Waals surface area (Å²) in [5.74, 6) is -0.0138. The average Bonchev–Trinajstić information content (AvgIpc) is 3.26. The van der Waals surface area contributed by atoms with Crippen LogP contribution in [0.25, 0.3) is 6.08 Å². The zero-order valence-electron chi connectivity index (χ0n) is 22.6. The molecule has 0 saturated heterocycles. The van der Waals surface area contributed by atoms with Gasteiger partial charge in [-0.15, -0.1) is 0 Å². The number of allylic oxidation sites excluding steroid dienone is 1. The van der Waals surface area contributed by atoms with Crippen molar-refractivity contribution in [3.8, 4) is 0 Å². The molecule has 0 radical (unpaired) electrons. The number of aliphatic hydroxyl groups is 1. The topological polar surface area (TPSA) is 67.8 Å². The van der Waals surface area contributed by atoms with E-state index in [4.69, 9.17) is 9.47 Å². The first-order valence-electron chi connectivity index (χ1n) is 13.4. The highest BCUT2D eigenvalue weighted by Gasteiger charge is 2.28. The van der Waals surface area contributed by atoms with E-state index in [1.54, 1.807) is 25.1 Å². The van der Waals surface area contributed by atoms with Crippen LogP contribution in [-0.2, 0) is 27.1 Å². The van der Waals surface area contributed by atoms with Gasteiger partial charge in [0.15, 0.2) is 0 Å². The van der Waals surface area contributed by atoms with Gasteiger partial charge >= 0.3 is 5.97 Å². The van der Waals surface area contributed by atoms with Crippen molar-refractivity contribution in [3.63, 3.8) is 0 Å². The van der Waals surface area contributed by atoms with Gasteiger partial charge in [0.05, 0.1) is 25.4 Å². The number of fused-ring (bicyclic) bond motifs is 1. The molecule has 0 heterocycles. The van der Waals surface area contributed by atoms with Gasteiger partial charge in [0, 0.05) is 24.1 Å². The molecule has 0 aromatic heterocycles. The van der Waals surface area contributed by atoms with Crippen LogP contribution in [-0.4, -0.2) is 42.5 Å². The third-order valence-electron chi connectivity index (χ3n) is 6.92. The van der Waals surface area contributed by atoms with Crippen molar-refractivity contribution in [3.05, 3.63) is 76.6 Å². The van der Waals surface area contributed by atoms with Gasteiger partial charge in [-0.2, -0.15) is 0 Å². The highest BCUT2D eigenvalue weighted by molar-refractivity contribution is 5.69. The zero-order valence-corrected chi connectivity index (χ0v) is 22.6. The first kappa shape index (κ1) is 29.0. The van der Waals surface area contributed by atoms with Crippen LogP contribution in [0, 0.1) is 11.7 Å². The van der Waals surface area contributed by atoms with Crippen LogP contribution in [0.2, 0.25) is 0 Å². The van der Waals surface area contributed by atoms with Gasteiger partial charge in [0.2, 0.25) is 0 Å². The Balaban J connectivity index is 1.46. The van der Waals surface area contributed by atoms with Gasteiger partial charge < -0.3 is 19.9 Å². The highest BCUT2D eigenvalue weighted by atomic mass is 19.1. The molecule has 202 valence electrons. The SMILES string of the molecule is CCOC(=O)CC/C=C/c1c(F)cccc1[C@@H](C)OC[C@H](O)CNC(C)(C)CC1Cc2ccccc2C1. The van der Waals surface area contributed by atoms with Crippen LogP contribution in [0.15, 0.2) is 48.5 Å². The van der Waals surface area contributed by atoms with E-state index in [0.717, 1.165) is 19.3 Å². The smallest absolute Gasteiger partial charge is 0.306 e. The molecule has 1 aliphatic rings. The van der Waals surface area contributed by atoms with Crippen molar-refractivity contribution in [1.82, 2.24) is 5.32 Å². The van der Waals surface area contributed by atoms with Gasteiger partial charge in [-0.05, 0) is 82.1 Å². The van der Waals surface area contributed by atoms with Crippen LogP contribution in [0.4, 0.5) is 4.39 Å². The number of β-amino-alcohol motifs (C(OH)–C–C–N with tert-alkyl or cyclic N) is 1. The van der Waals surface area contributed by atoms with E-state index < -0.39 is 12.2 Å². The van der Waals surface area contributed by atoms with E-state index in [1.807, 2.05) is 13.0 Å². The first-order valence-corrected chi connectivity index (χ1v) is 13.4. The molecule has 5 nitrogen and oxygen atoms in total. The third-order valence-corrected chi connectivity index (χ3v) is 6.92. The summed E-state index contributed by atoms with van der Waals surface area (Å²) in [6.45, 7) is 8.89. The normalized spacial score (nSPS) is 15.6. The molecule has 2 N–H and O–H groups in total. The number of rotatable bonds is 14. The van der Waals surface area contributed by atoms with Crippen LogP contribution in [0.1, 0.15) is 75.3 Å². The molecule has 2 aromatic carbocycles. The molecule has 0 amide bonds. The van der Waals surface area contributed by atoms with Gasteiger partial charge in [-0.1, -0.05) is 48.6 Å². The Hall–Kier alpha value is -2.54. The largest absolute Gasteiger partial charge is 0.466 e. The second-order valence-corrected chi connectivity index (χ2v) is 10.6. The Labute approximate surface area is 221 Å². The maximum Gasteiger partial charge on any atom is 0.306 e. The van der Waals surface area contributed by atoms with E-state index in [-0.39, 0.29) is 30.4 Å². The fraction of sp³-hybridized carbons (Fsp3) is 0.516. The number of aliphatic hydroxyl groups excluding tert-OH is 1. The Kier molecular flexibility index (Phi) is 10.9. The minimum Gasteiger partial charge on any atom is -0.466 e.